The van der Waals surface area contributed by atoms with Gasteiger partial charge in [0.15, 0.2) is 0 Å². The summed E-state index contributed by atoms with van der Waals surface area (Å²) in [5.41, 5.74) is 0.729. The number of hydrogen-bond acceptors (Lipinski definition) is 2. The quantitative estimate of drug-likeness (QED) is 0.713. The molecule has 56 valence electrons. The van der Waals surface area contributed by atoms with Crippen LogP contribution < -0.4 is 6.15 Å². The van der Waals surface area contributed by atoms with Gasteiger partial charge in [-0.25, -0.2) is 0 Å². The summed E-state index contributed by atoms with van der Waals surface area (Å²) in [6.07, 6.45) is 0.833. The number of hydrogen-bond donors (Lipinski definition) is 1. The zero-order valence-electron chi connectivity index (χ0n) is 5.49. The Morgan fingerprint density at radius 1 is 1.10 bits per heavy atom. The summed E-state index contributed by atoms with van der Waals surface area (Å²) in [5.74, 6) is 0. The zero-order valence-corrected chi connectivity index (χ0v) is 7.20. The van der Waals surface area contributed by atoms with Crippen LogP contribution in [0.2, 0.25) is 0 Å². The summed E-state index contributed by atoms with van der Waals surface area (Å²) in [7, 11) is 0. The van der Waals surface area contributed by atoms with E-state index in [1.165, 1.54) is 0 Å². The number of aldehydes is 1. The molecule has 0 saturated heterocycles. The lowest BCUT2D eigenvalue weighted by molar-refractivity contribution is 0.112. The van der Waals surface area contributed by atoms with Crippen LogP contribution in [0.15, 0.2) is 30.3 Å². The minimum absolute atomic E-state index is 0. The first-order chi connectivity index (χ1) is 3.93. The maximum atomic E-state index is 10.0. The van der Waals surface area contributed by atoms with Crippen LogP contribution in [0.5, 0.6) is 0 Å². The molecule has 0 saturated carbocycles. The fourth-order valence-electron chi connectivity index (χ4n) is 0.532. The maximum Gasteiger partial charge on any atom is 0.150 e. The van der Waals surface area contributed by atoms with Crippen LogP contribution in [0.3, 0.4) is 0 Å². The van der Waals surface area contributed by atoms with Crippen molar-refractivity contribution in [2.45, 2.75) is 0 Å². The van der Waals surface area contributed by atoms with Crippen molar-refractivity contribution in [3.05, 3.63) is 35.9 Å². The molecular formula is C7H10BrNO. The first kappa shape index (κ1) is 12.0. The van der Waals surface area contributed by atoms with Gasteiger partial charge < -0.3 is 6.15 Å². The summed E-state index contributed by atoms with van der Waals surface area (Å²) >= 11 is 0. The fraction of sp³-hybridized carbons (Fsp3) is 0. The second-order valence-corrected chi connectivity index (χ2v) is 1.53. The van der Waals surface area contributed by atoms with Gasteiger partial charge in [-0.1, -0.05) is 30.3 Å². The average Bonchev–Trinajstić information content (AvgIpc) is 1.90. The number of rotatable bonds is 1. The molecule has 2 nitrogen and oxygen atoms in total. The molecule has 0 spiro atoms. The molecule has 0 bridgehead atoms. The van der Waals surface area contributed by atoms with E-state index in [0.29, 0.717) is 0 Å². The first-order valence-electron chi connectivity index (χ1n) is 2.44. The highest BCUT2D eigenvalue weighted by atomic mass is 79.9. The fourth-order valence-corrected chi connectivity index (χ4v) is 0.532. The van der Waals surface area contributed by atoms with E-state index in [9.17, 15) is 4.79 Å². The molecule has 0 aliphatic carbocycles. The van der Waals surface area contributed by atoms with Crippen LogP contribution in [-0.2, 0) is 0 Å². The Balaban J connectivity index is 0. The highest BCUT2D eigenvalue weighted by Crippen LogP contribution is 1.91. The van der Waals surface area contributed by atoms with Crippen LogP contribution in [0.1, 0.15) is 10.4 Å². The second-order valence-electron chi connectivity index (χ2n) is 1.53. The molecule has 1 aromatic carbocycles. The molecule has 0 radical (unpaired) electrons. The van der Waals surface area contributed by atoms with Crippen LogP contribution in [-0.4, -0.2) is 6.29 Å². The van der Waals surface area contributed by atoms with Gasteiger partial charge in [-0.3, -0.25) is 4.79 Å². The van der Waals surface area contributed by atoms with Gasteiger partial charge in [-0.05, 0) is 0 Å². The van der Waals surface area contributed by atoms with Crippen LogP contribution in [0, 0.1) is 0 Å². The Kier molecular flexibility index (Phi) is 7.77. The lowest BCUT2D eigenvalue weighted by Crippen LogP contribution is -1.73. The lowest BCUT2D eigenvalue weighted by atomic mass is 10.2. The van der Waals surface area contributed by atoms with Crippen molar-refractivity contribution in [3.63, 3.8) is 0 Å². The Bertz CT molecular complexity index is 176. The summed E-state index contributed by atoms with van der Waals surface area (Å²) in [6.45, 7) is 0. The van der Waals surface area contributed by atoms with E-state index in [1.54, 1.807) is 12.1 Å². The molecule has 0 unspecified atom stereocenters. The normalized spacial score (nSPS) is 6.80. The lowest BCUT2D eigenvalue weighted by Gasteiger charge is -1.81. The molecule has 0 aliphatic heterocycles. The predicted octanol–water partition coefficient (Wildman–Crippen LogP) is 2.24. The average molecular weight is 204 g/mol. The first-order valence-corrected chi connectivity index (χ1v) is 2.44. The summed E-state index contributed by atoms with van der Waals surface area (Å²) in [5, 5.41) is 0. The third-order valence-corrected chi connectivity index (χ3v) is 0.936. The van der Waals surface area contributed by atoms with E-state index in [-0.39, 0.29) is 23.1 Å². The molecule has 0 atom stereocenters. The molecule has 0 fully saturated rings. The SMILES string of the molecule is Br.N.O=Cc1ccccc1. The minimum atomic E-state index is 0. The van der Waals surface area contributed by atoms with Gasteiger partial charge in [0.2, 0.25) is 0 Å². The van der Waals surface area contributed by atoms with E-state index in [2.05, 4.69) is 0 Å². The highest BCUT2D eigenvalue weighted by Gasteiger charge is 1.79. The van der Waals surface area contributed by atoms with Gasteiger partial charge >= 0.3 is 0 Å². The standard InChI is InChI=1S/C7H6O.BrH.H3N/c8-6-7-4-2-1-3-5-7;;/h1-6H;1H;1H3. The van der Waals surface area contributed by atoms with Crippen molar-refractivity contribution in [3.8, 4) is 0 Å². The number of halogens is 1. The Hall–Kier alpha value is -0.670. The minimum Gasteiger partial charge on any atom is -0.344 e. The van der Waals surface area contributed by atoms with Gasteiger partial charge in [-0.15, -0.1) is 17.0 Å². The van der Waals surface area contributed by atoms with Crippen LogP contribution in [0.4, 0.5) is 0 Å². The molecular weight excluding hydrogens is 194 g/mol. The molecule has 0 amide bonds. The van der Waals surface area contributed by atoms with E-state index in [4.69, 9.17) is 0 Å². The van der Waals surface area contributed by atoms with Gasteiger partial charge in [-0.2, -0.15) is 0 Å². The maximum absolute atomic E-state index is 10.0. The largest absolute Gasteiger partial charge is 0.344 e. The van der Waals surface area contributed by atoms with E-state index in [0.717, 1.165) is 11.8 Å². The van der Waals surface area contributed by atoms with Gasteiger partial charge in [0.25, 0.3) is 0 Å². The monoisotopic (exact) mass is 203 g/mol. The number of carbonyl (C=O) groups is 1. The van der Waals surface area contributed by atoms with E-state index < -0.39 is 0 Å². The summed E-state index contributed by atoms with van der Waals surface area (Å²) in [4.78, 5) is 10.0. The molecule has 0 aliphatic rings. The molecule has 1 rings (SSSR count). The Morgan fingerprint density at radius 2 is 1.60 bits per heavy atom. The molecule has 3 heteroatoms. The van der Waals surface area contributed by atoms with Gasteiger partial charge in [0.1, 0.15) is 6.29 Å². The summed E-state index contributed by atoms with van der Waals surface area (Å²) in [6, 6.07) is 9.10. The topological polar surface area (TPSA) is 52.1 Å². The van der Waals surface area contributed by atoms with Crippen molar-refractivity contribution in [1.29, 1.82) is 0 Å². The van der Waals surface area contributed by atoms with Gasteiger partial charge in [0.05, 0.1) is 0 Å². The third-order valence-electron chi connectivity index (χ3n) is 0.936. The van der Waals surface area contributed by atoms with Crippen molar-refractivity contribution in [2.75, 3.05) is 0 Å². The molecule has 10 heavy (non-hydrogen) atoms. The van der Waals surface area contributed by atoms with Crippen molar-refractivity contribution in [1.82, 2.24) is 6.15 Å². The Morgan fingerprint density at radius 3 is 1.90 bits per heavy atom. The summed E-state index contributed by atoms with van der Waals surface area (Å²) < 4.78 is 0. The van der Waals surface area contributed by atoms with Crippen molar-refractivity contribution < 1.29 is 4.79 Å². The van der Waals surface area contributed by atoms with Crippen molar-refractivity contribution in [2.24, 2.45) is 0 Å². The van der Waals surface area contributed by atoms with E-state index >= 15 is 0 Å². The van der Waals surface area contributed by atoms with Gasteiger partial charge in [0, 0.05) is 5.56 Å². The van der Waals surface area contributed by atoms with Crippen LogP contribution in [0.25, 0.3) is 0 Å². The zero-order chi connectivity index (χ0) is 5.82. The number of carbonyl (C=O) groups excluding carboxylic acids is 1. The van der Waals surface area contributed by atoms with E-state index in [1.807, 2.05) is 18.2 Å². The third kappa shape index (κ3) is 3.37. The molecule has 0 heterocycles. The molecule has 0 aromatic heterocycles. The molecule has 1 aromatic rings. The van der Waals surface area contributed by atoms with Crippen molar-refractivity contribution >= 4 is 23.3 Å². The smallest absolute Gasteiger partial charge is 0.150 e. The predicted molar refractivity (Wildman–Crippen MR) is 47.2 cm³/mol. The highest BCUT2D eigenvalue weighted by molar-refractivity contribution is 8.93. The second kappa shape index (κ2) is 6.45. The number of benzene rings is 1. The Labute approximate surface area is 70.6 Å². The molecule has 3 N–H and O–H groups in total. The van der Waals surface area contributed by atoms with Crippen LogP contribution >= 0.6 is 17.0 Å².